The molecule has 1 aliphatic heterocycles. The fourth-order valence-corrected chi connectivity index (χ4v) is 1.37. The molecule has 11 heavy (non-hydrogen) atoms. The molecule has 2 rings (SSSR count). The summed E-state index contributed by atoms with van der Waals surface area (Å²) >= 11 is 0. The third-order valence-electron chi connectivity index (χ3n) is 1.97. The van der Waals surface area contributed by atoms with Crippen LogP contribution in [0.3, 0.4) is 0 Å². The number of hydrogen-bond donors (Lipinski definition) is 1. The van der Waals surface area contributed by atoms with Gasteiger partial charge in [-0.1, -0.05) is 23.8 Å². The fraction of sp³-hybridized carbons (Fsp3) is 0.200. The van der Waals surface area contributed by atoms with Crippen LogP contribution in [0.1, 0.15) is 16.7 Å². The summed E-state index contributed by atoms with van der Waals surface area (Å²) in [6.45, 7) is 3.09. The van der Waals surface area contributed by atoms with Crippen molar-refractivity contribution in [3.05, 3.63) is 41.1 Å². The Labute approximate surface area is 66.7 Å². The van der Waals surface area contributed by atoms with Crippen molar-refractivity contribution in [2.45, 2.75) is 13.5 Å². The Kier molecular flexibility index (Phi) is 1.42. The highest BCUT2D eigenvalue weighted by Gasteiger charge is 2.01. The van der Waals surface area contributed by atoms with Crippen molar-refractivity contribution in [3.63, 3.8) is 0 Å². The summed E-state index contributed by atoms with van der Waals surface area (Å²) in [7, 11) is 0. The van der Waals surface area contributed by atoms with Gasteiger partial charge in [-0.25, -0.2) is 0 Å². The minimum absolute atomic E-state index is 0.966. The molecule has 0 fully saturated rings. The second-order valence-corrected chi connectivity index (χ2v) is 2.92. The lowest BCUT2D eigenvalue weighted by molar-refractivity contribution is 0.857. The lowest BCUT2D eigenvalue weighted by Gasteiger charge is -2.11. The first-order valence-corrected chi connectivity index (χ1v) is 3.86. The third-order valence-corrected chi connectivity index (χ3v) is 1.97. The van der Waals surface area contributed by atoms with E-state index in [1.807, 2.05) is 6.20 Å². The molecule has 1 nitrogen and oxygen atoms in total. The number of nitrogens with one attached hydrogen (secondary N) is 1. The molecule has 1 heterocycles. The van der Waals surface area contributed by atoms with Crippen LogP contribution in [0.4, 0.5) is 0 Å². The van der Waals surface area contributed by atoms with Crippen molar-refractivity contribution < 1.29 is 0 Å². The van der Waals surface area contributed by atoms with Crippen LogP contribution in [0.15, 0.2) is 24.4 Å². The van der Waals surface area contributed by atoms with E-state index < -0.39 is 0 Å². The molecule has 1 N–H and O–H groups in total. The molecule has 0 unspecified atom stereocenters. The number of benzene rings is 1. The van der Waals surface area contributed by atoms with Crippen LogP contribution in [0.25, 0.3) is 6.08 Å². The van der Waals surface area contributed by atoms with E-state index >= 15 is 0 Å². The zero-order chi connectivity index (χ0) is 7.68. The van der Waals surface area contributed by atoms with E-state index in [0.717, 1.165) is 6.54 Å². The maximum atomic E-state index is 3.19. The third kappa shape index (κ3) is 1.14. The topological polar surface area (TPSA) is 12.0 Å². The number of rotatable bonds is 0. The molecule has 1 aromatic carbocycles. The van der Waals surface area contributed by atoms with E-state index in [1.165, 1.54) is 16.7 Å². The average molecular weight is 145 g/mol. The normalized spacial score (nSPS) is 13.9. The minimum Gasteiger partial charge on any atom is -0.387 e. The van der Waals surface area contributed by atoms with Crippen molar-refractivity contribution in [1.29, 1.82) is 0 Å². The molecule has 1 aromatic rings. The average Bonchev–Trinajstić information content (AvgIpc) is 2.04. The Hall–Kier alpha value is -1.24. The van der Waals surface area contributed by atoms with Crippen LogP contribution < -0.4 is 5.32 Å². The zero-order valence-corrected chi connectivity index (χ0v) is 6.59. The van der Waals surface area contributed by atoms with Gasteiger partial charge >= 0.3 is 0 Å². The number of hydrogen-bond acceptors (Lipinski definition) is 1. The Morgan fingerprint density at radius 1 is 1.36 bits per heavy atom. The molecule has 0 spiro atoms. The SMILES string of the molecule is Cc1ccc2c(c1)CNC=C2. The maximum absolute atomic E-state index is 3.19. The molecule has 0 saturated heterocycles. The number of fused-ring (bicyclic) bond motifs is 1. The monoisotopic (exact) mass is 145 g/mol. The summed E-state index contributed by atoms with van der Waals surface area (Å²) < 4.78 is 0. The van der Waals surface area contributed by atoms with Crippen LogP contribution in [0.2, 0.25) is 0 Å². The Balaban J connectivity index is 2.53. The molecule has 56 valence electrons. The van der Waals surface area contributed by atoms with Gasteiger partial charge in [0.2, 0.25) is 0 Å². The predicted molar refractivity (Wildman–Crippen MR) is 47.1 cm³/mol. The zero-order valence-electron chi connectivity index (χ0n) is 6.59. The smallest absolute Gasteiger partial charge is 0.0401 e. The van der Waals surface area contributed by atoms with Crippen molar-refractivity contribution in [2.75, 3.05) is 0 Å². The van der Waals surface area contributed by atoms with E-state index in [0.29, 0.717) is 0 Å². The summed E-state index contributed by atoms with van der Waals surface area (Å²) in [5.41, 5.74) is 4.07. The van der Waals surface area contributed by atoms with Gasteiger partial charge in [0.1, 0.15) is 0 Å². The summed E-state index contributed by atoms with van der Waals surface area (Å²) in [5, 5.41) is 3.19. The van der Waals surface area contributed by atoms with Crippen molar-refractivity contribution in [3.8, 4) is 0 Å². The first kappa shape index (κ1) is 6.47. The van der Waals surface area contributed by atoms with Crippen LogP contribution in [-0.2, 0) is 6.54 Å². The highest BCUT2D eigenvalue weighted by molar-refractivity contribution is 5.56. The van der Waals surface area contributed by atoms with Gasteiger partial charge in [-0.3, -0.25) is 0 Å². The van der Waals surface area contributed by atoms with Crippen LogP contribution in [0, 0.1) is 6.92 Å². The Morgan fingerprint density at radius 2 is 2.27 bits per heavy atom. The first-order valence-electron chi connectivity index (χ1n) is 3.86. The molecule has 0 atom stereocenters. The van der Waals surface area contributed by atoms with E-state index in [-0.39, 0.29) is 0 Å². The van der Waals surface area contributed by atoms with E-state index in [4.69, 9.17) is 0 Å². The highest BCUT2D eigenvalue weighted by Crippen LogP contribution is 2.15. The van der Waals surface area contributed by atoms with Gasteiger partial charge in [0.25, 0.3) is 0 Å². The minimum atomic E-state index is 0.966. The van der Waals surface area contributed by atoms with Gasteiger partial charge in [-0.2, -0.15) is 0 Å². The maximum Gasteiger partial charge on any atom is 0.0401 e. The lowest BCUT2D eigenvalue weighted by Crippen LogP contribution is -2.09. The Morgan fingerprint density at radius 3 is 3.18 bits per heavy atom. The quantitative estimate of drug-likeness (QED) is 0.589. The standard InChI is InChI=1S/C10H11N/c1-8-2-3-9-4-5-11-7-10(9)6-8/h2-6,11H,7H2,1H3. The summed E-state index contributed by atoms with van der Waals surface area (Å²) in [5.74, 6) is 0. The lowest BCUT2D eigenvalue weighted by atomic mass is 10.0. The second-order valence-electron chi connectivity index (χ2n) is 2.92. The van der Waals surface area contributed by atoms with Crippen LogP contribution in [0.5, 0.6) is 0 Å². The molecule has 0 amide bonds. The molecule has 1 aliphatic rings. The van der Waals surface area contributed by atoms with Crippen molar-refractivity contribution in [2.24, 2.45) is 0 Å². The second kappa shape index (κ2) is 2.42. The molecule has 0 aromatic heterocycles. The van der Waals surface area contributed by atoms with Gasteiger partial charge in [0, 0.05) is 6.54 Å². The molecular formula is C10H11N. The summed E-state index contributed by atoms with van der Waals surface area (Å²) in [6.07, 6.45) is 4.11. The molecular weight excluding hydrogens is 134 g/mol. The van der Waals surface area contributed by atoms with Crippen LogP contribution >= 0.6 is 0 Å². The van der Waals surface area contributed by atoms with Crippen molar-refractivity contribution >= 4 is 6.08 Å². The van der Waals surface area contributed by atoms with Crippen LogP contribution in [-0.4, -0.2) is 0 Å². The largest absolute Gasteiger partial charge is 0.387 e. The van der Waals surface area contributed by atoms with Crippen molar-refractivity contribution in [1.82, 2.24) is 5.32 Å². The molecule has 0 aliphatic carbocycles. The predicted octanol–water partition coefficient (Wildman–Crippen LogP) is 2.07. The van der Waals surface area contributed by atoms with E-state index in [1.54, 1.807) is 0 Å². The first-order chi connectivity index (χ1) is 5.36. The van der Waals surface area contributed by atoms with Gasteiger partial charge in [-0.05, 0) is 30.3 Å². The summed E-state index contributed by atoms with van der Waals surface area (Å²) in [6, 6.07) is 6.54. The summed E-state index contributed by atoms with van der Waals surface area (Å²) in [4.78, 5) is 0. The molecule has 0 radical (unpaired) electrons. The van der Waals surface area contributed by atoms with E-state index in [2.05, 4.69) is 36.5 Å². The van der Waals surface area contributed by atoms with Gasteiger partial charge in [0.15, 0.2) is 0 Å². The molecule has 1 heteroatoms. The molecule has 0 saturated carbocycles. The number of aryl methyl sites for hydroxylation is 1. The molecule has 0 bridgehead atoms. The highest BCUT2D eigenvalue weighted by atomic mass is 14.8. The fourth-order valence-electron chi connectivity index (χ4n) is 1.37. The van der Waals surface area contributed by atoms with E-state index in [9.17, 15) is 0 Å². The van der Waals surface area contributed by atoms with Gasteiger partial charge < -0.3 is 5.32 Å². The Bertz CT molecular complexity index is 300. The van der Waals surface area contributed by atoms with Gasteiger partial charge in [-0.15, -0.1) is 0 Å². The van der Waals surface area contributed by atoms with Gasteiger partial charge in [0.05, 0.1) is 0 Å².